The van der Waals surface area contributed by atoms with Crippen LogP contribution in [-0.2, 0) is 4.79 Å². The summed E-state index contributed by atoms with van der Waals surface area (Å²) in [5.41, 5.74) is 3.40. The number of pyridine rings is 1. The highest BCUT2D eigenvalue weighted by molar-refractivity contribution is 9.10. The molecule has 6 heteroatoms. The number of carbonyl (C=O) groups excluding carboxylic acids is 1. The number of aryl methyl sites for hydroxylation is 1. The first kappa shape index (κ1) is 16.4. The number of H-pyrrole nitrogens is 1. The van der Waals surface area contributed by atoms with Gasteiger partial charge in [0.15, 0.2) is 0 Å². The molecule has 1 unspecified atom stereocenters. The number of rotatable bonds is 2. The Morgan fingerprint density at radius 3 is 2.76 bits per heavy atom. The van der Waals surface area contributed by atoms with E-state index in [1.165, 1.54) is 0 Å². The number of nitrogens with one attached hydrogen (secondary N) is 1. The number of aromatic amines is 1. The zero-order valence-electron chi connectivity index (χ0n) is 13.5. The molecule has 1 aromatic heterocycles. The Morgan fingerprint density at radius 1 is 1.16 bits per heavy atom. The smallest absolute Gasteiger partial charge is 0.248 e. The zero-order valence-corrected chi connectivity index (χ0v) is 15.9. The molecule has 0 saturated carbocycles. The van der Waals surface area contributed by atoms with Crippen molar-refractivity contribution in [3.63, 3.8) is 0 Å². The van der Waals surface area contributed by atoms with Crippen LogP contribution in [0.1, 0.15) is 16.5 Å². The minimum atomic E-state index is -0.133. The van der Waals surface area contributed by atoms with Gasteiger partial charge in [-0.15, -0.1) is 11.8 Å². The van der Waals surface area contributed by atoms with Crippen LogP contribution < -0.4 is 10.5 Å². The fourth-order valence-corrected chi connectivity index (χ4v) is 5.05. The van der Waals surface area contributed by atoms with E-state index < -0.39 is 0 Å². The number of amides is 1. The number of hydrogen-bond acceptors (Lipinski definition) is 3. The lowest BCUT2D eigenvalue weighted by atomic mass is 10.1. The molecule has 126 valence electrons. The third-order valence-electron chi connectivity index (χ3n) is 4.35. The van der Waals surface area contributed by atoms with Gasteiger partial charge in [0.2, 0.25) is 11.5 Å². The van der Waals surface area contributed by atoms with Crippen molar-refractivity contribution in [2.75, 3.05) is 10.7 Å². The summed E-state index contributed by atoms with van der Waals surface area (Å²) in [7, 11) is 0. The molecule has 25 heavy (non-hydrogen) atoms. The number of nitrogens with zero attached hydrogens (tertiary/aromatic N) is 1. The van der Waals surface area contributed by atoms with Crippen molar-refractivity contribution >= 4 is 50.2 Å². The van der Waals surface area contributed by atoms with Crippen molar-refractivity contribution in [2.45, 2.75) is 12.3 Å². The normalized spacial score (nSPS) is 17.4. The molecular formula is C19H15BrN2O2S. The second-order valence-corrected chi connectivity index (χ2v) is 7.92. The molecule has 4 rings (SSSR count). The minimum Gasteiger partial charge on any atom is -0.322 e. The van der Waals surface area contributed by atoms with Crippen LogP contribution in [0.2, 0.25) is 0 Å². The van der Waals surface area contributed by atoms with Gasteiger partial charge in [-0.05, 0) is 36.2 Å². The molecule has 4 nitrogen and oxygen atoms in total. The van der Waals surface area contributed by atoms with Crippen molar-refractivity contribution in [3.8, 4) is 0 Å². The Bertz CT molecular complexity index is 1050. The molecular weight excluding hydrogens is 400 g/mol. The van der Waals surface area contributed by atoms with Crippen LogP contribution >= 0.6 is 27.7 Å². The predicted octanol–water partition coefficient (Wildman–Crippen LogP) is 4.38. The molecule has 3 aromatic rings. The van der Waals surface area contributed by atoms with E-state index in [-0.39, 0.29) is 16.8 Å². The standard InChI is InChI=1S/C19H15BrN2O2S/c1-11-8-17(23)21-16-9-12(6-7-13(11)16)22-18(24)10-25-19(22)14-4-2-3-5-15(14)20/h2-9,19H,10H2,1H3,(H,21,23). The largest absolute Gasteiger partial charge is 0.322 e. The Morgan fingerprint density at radius 2 is 1.96 bits per heavy atom. The first-order valence-corrected chi connectivity index (χ1v) is 9.70. The van der Waals surface area contributed by atoms with Gasteiger partial charge in [-0.2, -0.15) is 0 Å². The SMILES string of the molecule is Cc1cc(=O)[nH]c2cc(N3C(=O)CSC3c3ccccc3Br)ccc12. The molecule has 1 amide bonds. The summed E-state index contributed by atoms with van der Waals surface area (Å²) >= 11 is 5.19. The maximum Gasteiger partial charge on any atom is 0.248 e. The van der Waals surface area contributed by atoms with E-state index in [9.17, 15) is 9.59 Å². The molecule has 0 aliphatic carbocycles. The quantitative estimate of drug-likeness (QED) is 0.676. The molecule has 1 N–H and O–H groups in total. The molecule has 1 saturated heterocycles. The van der Waals surface area contributed by atoms with E-state index in [0.717, 1.165) is 32.2 Å². The lowest BCUT2D eigenvalue weighted by molar-refractivity contribution is -0.115. The number of carbonyl (C=O) groups is 1. The topological polar surface area (TPSA) is 53.2 Å². The van der Waals surface area contributed by atoms with E-state index in [2.05, 4.69) is 20.9 Å². The lowest BCUT2D eigenvalue weighted by Crippen LogP contribution is -2.28. The molecule has 0 radical (unpaired) electrons. The molecule has 1 atom stereocenters. The van der Waals surface area contributed by atoms with Crippen LogP contribution in [0.25, 0.3) is 10.9 Å². The fourth-order valence-electron chi connectivity index (χ4n) is 3.18. The Hall–Kier alpha value is -2.05. The van der Waals surface area contributed by atoms with Gasteiger partial charge in [-0.1, -0.05) is 40.2 Å². The van der Waals surface area contributed by atoms with Gasteiger partial charge in [0.1, 0.15) is 5.37 Å². The zero-order chi connectivity index (χ0) is 17.6. The maximum absolute atomic E-state index is 12.6. The summed E-state index contributed by atoms with van der Waals surface area (Å²) in [6.45, 7) is 1.91. The molecule has 1 fully saturated rings. The highest BCUT2D eigenvalue weighted by atomic mass is 79.9. The molecule has 0 spiro atoms. The minimum absolute atomic E-state index is 0.0695. The highest BCUT2D eigenvalue weighted by Gasteiger charge is 2.35. The van der Waals surface area contributed by atoms with Gasteiger partial charge in [0, 0.05) is 21.6 Å². The van der Waals surface area contributed by atoms with E-state index in [1.54, 1.807) is 17.8 Å². The number of anilines is 1. The molecule has 1 aliphatic heterocycles. The fraction of sp³-hybridized carbons (Fsp3) is 0.158. The maximum atomic E-state index is 12.6. The first-order chi connectivity index (χ1) is 12.0. The van der Waals surface area contributed by atoms with Crippen LogP contribution in [0.4, 0.5) is 5.69 Å². The van der Waals surface area contributed by atoms with Crippen molar-refractivity contribution in [1.29, 1.82) is 0 Å². The van der Waals surface area contributed by atoms with Crippen LogP contribution in [0.15, 0.2) is 57.8 Å². The van der Waals surface area contributed by atoms with Crippen LogP contribution in [-0.4, -0.2) is 16.6 Å². The van der Waals surface area contributed by atoms with Gasteiger partial charge in [0.25, 0.3) is 0 Å². The number of benzene rings is 2. The van der Waals surface area contributed by atoms with Gasteiger partial charge in [-0.25, -0.2) is 0 Å². The summed E-state index contributed by atoms with van der Waals surface area (Å²) in [5.74, 6) is 0.508. The number of aromatic nitrogens is 1. The molecule has 2 heterocycles. The van der Waals surface area contributed by atoms with Gasteiger partial charge in [0.05, 0.1) is 11.3 Å². The summed E-state index contributed by atoms with van der Waals surface area (Å²) in [6, 6.07) is 15.3. The Balaban J connectivity index is 1.84. The van der Waals surface area contributed by atoms with E-state index in [0.29, 0.717) is 5.75 Å². The number of thioether (sulfide) groups is 1. The van der Waals surface area contributed by atoms with Crippen molar-refractivity contribution in [2.24, 2.45) is 0 Å². The van der Waals surface area contributed by atoms with Gasteiger partial charge >= 0.3 is 0 Å². The average molecular weight is 415 g/mol. The summed E-state index contributed by atoms with van der Waals surface area (Å²) in [4.78, 5) is 29.0. The molecule has 2 aromatic carbocycles. The highest BCUT2D eigenvalue weighted by Crippen LogP contribution is 2.44. The van der Waals surface area contributed by atoms with Crippen LogP contribution in [0.5, 0.6) is 0 Å². The van der Waals surface area contributed by atoms with E-state index >= 15 is 0 Å². The molecule has 0 bridgehead atoms. The van der Waals surface area contributed by atoms with Gasteiger partial charge < -0.3 is 4.98 Å². The Kier molecular flexibility index (Phi) is 4.17. The van der Waals surface area contributed by atoms with Gasteiger partial charge in [-0.3, -0.25) is 14.5 Å². The van der Waals surface area contributed by atoms with Crippen molar-refractivity contribution in [3.05, 3.63) is 74.5 Å². The third kappa shape index (κ3) is 2.89. The summed E-state index contributed by atoms with van der Waals surface area (Å²) in [5, 5.41) is 0.900. The first-order valence-electron chi connectivity index (χ1n) is 7.86. The van der Waals surface area contributed by atoms with Crippen molar-refractivity contribution < 1.29 is 4.79 Å². The third-order valence-corrected chi connectivity index (χ3v) is 6.27. The second kappa shape index (κ2) is 6.35. The lowest BCUT2D eigenvalue weighted by Gasteiger charge is -2.25. The summed E-state index contributed by atoms with van der Waals surface area (Å²) < 4.78 is 0.984. The number of halogens is 1. The predicted molar refractivity (Wildman–Crippen MR) is 106 cm³/mol. The van der Waals surface area contributed by atoms with E-state index in [1.807, 2.05) is 54.3 Å². The number of fused-ring (bicyclic) bond motifs is 1. The monoisotopic (exact) mass is 414 g/mol. The Labute approximate surface area is 157 Å². The number of hydrogen-bond donors (Lipinski definition) is 1. The second-order valence-electron chi connectivity index (χ2n) is 6.00. The van der Waals surface area contributed by atoms with Crippen LogP contribution in [0.3, 0.4) is 0 Å². The average Bonchev–Trinajstić information content (AvgIpc) is 2.96. The molecule has 1 aliphatic rings. The van der Waals surface area contributed by atoms with Crippen molar-refractivity contribution in [1.82, 2.24) is 4.98 Å². The van der Waals surface area contributed by atoms with Crippen LogP contribution in [0, 0.1) is 6.92 Å². The van der Waals surface area contributed by atoms with E-state index in [4.69, 9.17) is 0 Å². The summed E-state index contributed by atoms with van der Waals surface area (Å²) in [6.07, 6.45) is 0.